The van der Waals surface area contributed by atoms with Crippen LogP contribution in [0.5, 0.6) is 0 Å². The lowest BCUT2D eigenvalue weighted by atomic mass is 9.98. The van der Waals surface area contributed by atoms with Gasteiger partial charge < -0.3 is 14.6 Å². The molecule has 5 rings (SSSR count). The number of benzene rings is 2. The smallest absolute Gasteiger partial charge is 0.291 e. The van der Waals surface area contributed by atoms with E-state index in [1.54, 1.807) is 6.07 Å². The van der Waals surface area contributed by atoms with Gasteiger partial charge in [0.15, 0.2) is 5.76 Å². The van der Waals surface area contributed by atoms with Crippen molar-refractivity contribution in [3.63, 3.8) is 0 Å². The van der Waals surface area contributed by atoms with Gasteiger partial charge in [0.05, 0.1) is 0 Å². The molecule has 3 aromatic rings. The summed E-state index contributed by atoms with van der Waals surface area (Å²) in [5.74, 6) is 0.534. The first-order chi connectivity index (χ1) is 13.2. The van der Waals surface area contributed by atoms with Gasteiger partial charge in [-0.2, -0.15) is 0 Å². The Kier molecular flexibility index (Phi) is 3.74. The maximum absolute atomic E-state index is 12.6. The minimum atomic E-state index is -0.270. The van der Waals surface area contributed by atoms with Gasteiger partial charge in [0.2, 0.25) is 5.91 Å². The van der Waals surface area contributed by atoms with E-state index in [-0.39, 0.29) is 17.7 Å². The van der Waals surface area contributed by atoms with E-state index in [1.165, 1.54) is 5.56 Å². The summed E-state index contributed by atoms with van der Waals surface area (Å²) >= 11 is 0. The van der Waals surface area contributed by atoms with Crippen molar-refractivity contribution < 1.29 is 14.0 Å². The van der Waals surface area contributed by atoms with Crippen LogP contribution in [0.1, 0.15) is 34.5 Å². The molecule has 5 nitrogen and oxygen atoms in total. The molecule has 2 aliphatic rings. The summed E-state index contributed by atoms with van der Waals surface area (Å²) in [7, 11) is 0. The number of nitrogens with one attached hydrogen (secondary N) is 1. The number of fused-ring (bicyclic) bond motifs is 2. The number of carbonyl (C=O) groups excluding carboxylic acids is 2. The molecule has 1 aromatic heterocycles. The van der Waals surface area contributed by atoms with Crippen LogP contribution in [-0.2, 0) is 17.8 Å². The van der Waals surface area contributed by atoms with E-state index in [0.717, 1.165) is 42.4 Å². The number of hydrogen-bond acceptors (Lipinski definition) is 3. The van der Waals surface area contributed by atoms with Crippen molar-refractivity contribution in [2.24, 2.45) is 5.92 Å². The Morgan fingerprint density at radius 3 is 2.70 bits per heavy atom. The number of nitrogens with zero attached hydrogens (tertiary/aromatic N) is 1. The third-order valence-corrected chi connectivity index (χ3v) is 5.36. The second kappa shape index (κ2) is 6.27. The Labute approximate surface area is 157 Å². The minimum Gasteiger partial charge on any atom is -0.451 e. The van der Waals surface area contributed by atoms with Gasteiger partial charge >= 0.3 is 0 Å². The number of rotatable bonds is 3. The average molecular weight is 360 g/mol. The molecule has 0 saturated heterocycles. The van der Waals surface area contributed by atoms with Crippen molar-refractivity contribution in [2.75, 3.05) is 11.9 Å². The molecule has 1 fully saturated rings. The van der Waals surface area contributed by atoms with Crippen LogP contribution < -0.4 is 5.32 Å². The van der Waals surface area contributed by atoms with E-state index in [9.17, 15) is 9.59 Å². The molecule has 1 saturated carbocycles. The molecule has 0 spiro atoms. The third kappa shape index (κ3) is 3.10. The molecule has 2 aromatic carbocycles. The van der Waals surface area contributed by atoms with Crippen LogP contribution in [0.15, 0.2) is 52.9 Å². The lowest BCUT2D eigenvalue weighted by Gasteiger charge is -2.29. The molecule has 5 heteroatoms. The first-order valence-corrected chi connectivity index (χ1v) is 9.38. The molecule has 1 aliphatic heterocycles. The Hall–Kier alpha value is -3.08. The summed E-state index contributed by atoms with van der Waals surface area (Å²) in [6.45, 7) is 1.41. The lowest BCUT2D eigenvalue weighted by Crippen LogP contribution is -2.36. The van der Waals surface area contributed by atoms with Gasteiger partial charge in [0, 0.05) is 30.1 Å². The summed E-state index contributed by atoms with van der Waals surface area (Å²) < 4.78 is 5.63. The zero-order chi connectivity index (χ0) is 18.4. The van der Waals surface area contributed by atoms with Crippen molar-refractivity contribution in [1.29, 1.82) is 0 Å². The highest BCUT2D eigenvalue weighted by atomic mass is 16.3. The molecule has 136 valence electrons. The highest BCUT2D eigenvalue weighted by molar-refractivity contribution is 6.04. The summed E-state index contributed by atoms with van der Waals surface area (Å²) in [5, 5.41) is 3.82. The number of carbonyl (C=O) groups is 2. The summed E-state index contributed by atoms with van der Waals surface area (Å²) in [4.78, 5) is 26.8. The van der Waals surface area contributed by atoms with E-state index in [0.29, 0.717) is 17.9 Å². The zero-order valence-corrected chi connectivity index (χ0v) is 14.9. The Morgan fingerprint density at radius 1 is 1.04 bits per heavy atom. The predicted octanol–water partition coefficient (Wildman–Crippen LogP) is 3.98. The standard InChI is InChI=1S/C22H20N2O3/c25-21(20-12-16-3-1-2-4-19(16)27-20)23-18-8-7-14-9-10-24(13-17(14)11-18)22(26)15-5-6-15/h1-4,7-8,11-12,15H,5-6,9-10,13H2,(H,23,25). The van der Waals surface area contributed by atoms with E-state index < -0.39 is 0 Å². The fourth-order valence-electron chi connectivity index (χ4n) is 3.70. The van der Waals surface area contributed by atoms with E-state index >= 15 is 0 Å². The third-order valence-electron chi connectivity index (χ3n) is 5.36. The Bertz CT molecular complexity index is 1020. The Morgan fingerprint density at radius 2 is 1.89 bits per heavy atom. The minimum absolute atomic E-state index is 0.238. The molecule has 1 N–H and O–H groups in total. The maximum atomic E-state index is 12.6. The number of para-hydroxylation sites is 1. The number of amides is 2. The molecule has 0 radical (unpaired) electrons. The average Bonchev–Trinajstić information content (AvgIpc) is 3.45. The van der Waals surface area contributed by atoms with Gasteiger partial charge in [-0.1, -0.05) is 24.3 Å². The molecule has 2 heterocycles. The van der Waals surface area contributed by atoms with Crippen molar-refractivity contribution in [3.8, 4) is 0 Å². The molecular formula is C22H20N2O3. The SMILES string of the molecule is O=C(Nc1ccc2c(c1)CN(C(=O)C1CC1)CC2)c1cc2ccccc2o1. The fourth-order valence-corrected chi connectivity index (χ4v) is 3.70. The summed E-state index contributed by atoms with van der Waals surface area (Å²) in [6, 6.07) is 15.2. The van der Waals surface area contributed by atoms with E-state index in [2.05, 4.69) is 5.32 Å². The van der Waals surface area contributed by atoms with Gasteiger partial charge in [-0.15, -0.1) is 0 Å². The van der Waals surface area contributed by atoms with Crippen LogP contribution in [0.3, 0.4) is 0 Å². The van der Waals surface area contributed by atoms with Crippen LogP contribution >= 0.6 is 0 Å². The zero-order valence-electron chi connectivity index (χ0n) is 14.9. The van der Waals surface area contributed by atoms with E-state index in [1.807, 2.05) is 47.4 Å². The van der Waals surface area contributed by atoms with Crippen molar-refractivity contribution in [3.05, 3.63) is 65.4 Å². The van der Waals surface area contributed by atoms with E-state index in [4.69, 9.17) is 4.42 Å². The van der Waals surface area contributed by atoms with Crippen LogP contribution in [0.4, 0.5) is 5.69 Å². The number of anilines is 1. The maximum Gasteiger partial charge on any atom is 0.291 e. The van der Waals surface area contributed by atoms with Crippen LogP contribution in [-0.4, -0.2) is 23.3 Å². The second-order valence-corrected chi connectivity index (χ2v) is 7.37. The number of hydrogen-bond donors (Lipinski definition) is 1. The van der Waals surface area contributed by atoms with Crippen LogP contribution in [0.2, 0.25) is 0 Å². The normalized spacial score (nSPS) is 16.2. The van der Waals surface area contributed by atoms with Gasteiger partial charge in [0.25, 0.3) is 5.91 Å². The van der Waals surface area contributed by atoms with Gasteiger partial charge in [0.1, 0.15) is 5.58 Å². The molecule has 0 bridgehead atoms. The fraction of sp³-hybridized carbons (Fsp3) is 0.273. The molecule has 27 heavy (non-hydrogen) atoms. The number of furan rings is 1. The Balaban J connectivity index is 1.34. The molecule has 0 unspecified atom stereocenters. The topological polar surface area (TPSA) is 62.6 Å². The van der Waals surface area contributed by atoms with Crippen LogP contribution in [0.25, 0.3) is 11.0 Å². The van der Waals surface area contributed by atoms with Gasteiger partial charge in [-0.05, 0) is 54.7 Å². The predicted molar refractivity (Wildman–Crippen MR) is 102 cm³/mol. The first kappa shape index (κ1) is 16.1. The summed E-state index contributed by atoms with van der Waals surface area (Å²) in [6.07, 6.45) is 2.91. The largest absolute Gasteiger partial charge is 0.451 e. The lowest BCUT2D eigenvalue weighted by molar-refractivity contribution is -0.133. The molecular weight excluding hydrogens is 340 g/mol. The van der Waals surface area contributed by atoms with Crippen molar-refractivity contribution in [2.45, 2.75) is 25.8 Å². The second-order valence-electron chi connectivity index (χ2n) is 7.37. The van der Waals surface area contributed by atoms with Crippen molar-refractivity contribution >= 4 is 28.5 Å². The van der Waals surface area contributed by atoms with Gasteiger partial charge in [-0.25, -0.2) is 0 Å². The van der Waals surface area contributed by atoms with Crippen molar-refractivity contribution in [1.82, 2.24) is 4.90 Å². The molecule has 0 atom stereocenters. The first-order valence-electron chi connectivity index (χ1n) is 9.38. The monoisotopic (exact) mass is 360 g/mol. The molecule has 2 amide bonds. The highest BCUT2D eigenvalue weighted by Crippen LogP contribution is 2.33. The van der Waals surface area contributed by atoms with Crippen LogP contribution in [0, 0.1) is 5.92 Å². The highest BCUT2D eigenvalue weighted by Gasteiger charge is 2.34. The molecule has 1 aliphatic carbocycles. The quantitative estimate of drug-likeness (QED) is 0.768. The summed E-state index contributed by atoms with van der Waals surface area (Å²) in [5.41, 5.74) is 3.77. The van der Waals surface area contributed by atoms with Gasteiger partial charge in [-0.3, -0.25) is 9.59 Å².